The zero-order valence-electron chi connectivity index (χ0n) is 8.28. The third-order valence-electron chi connectivity index (χ3n) is 2.87. The van der Waals surface area contributed by atoms with Crippen molar-refractivity contribution in [1.82, 2.24) is 5.32 Å². The molecule has 14 heavy (non-hydrogen) atoms. The van der Waals surface area contributed by atoms with Crippen LogP contribution in [0.3, 0.4) is 0 Å². The Morgan fingerprint density at radius 2 is 2.57 bits per heavy atom. The molecular weight excluding hydrogens is 194 g/mol. The third-order valence-corrected chi connectivity index (χ3v) is 3.60. The Hall–Kier alpha value is -0.380. The van der Waals surface area contributed by atoms with Crippen molar-refractivity contribution in [3.8, 4) is 0 Å². The minimum atomic E-state index is -0.169. The van der Waals surface area contributed by atoms with E-state index in [-0.39, 0.29) is 6.10 Å². The summed E-state index contributed by atoms with van der Waals surface area (Å²) in [6.45, 7) is 1.07. The highest BCUT2D eigenvalue weighted by Crippen LogP contribution is 2.15. The maximum absolute atomic E-state index is 9.89. The van der Waals surface area contributed by atoms with E-state index in [9.17, 15) is 5.11 Å². The van der Waals surface area contributed by atoms with Crippen LogP contribution in [-0.4, -0.2) is 23.8 Å². The second-order valence-electron chi connectivity index (χ2n) is 3.94. The highest BCUT2D eigenvalue weighted by molar-refractivity contribution is 7.07. The molecule has 2 nitrogen and oxygen atoms in total. The van der Waals surface area contributed by atoms with Gasteiger partial charge in [0, 0.05) is 6.04 Å². The molecule has 2 rings (SSSR count). The minimum Gasteiger partial charge on any atom is -0.391 e. The highest BCUT2D eigenvalue weighted by atomic mass is 32.1. The van der Waals surface area contributed by atoms with E-state index in [1.165, 1.54) is 12.0 Å². The Balaban J connectivity index is 1.74. The van der Waals surface area contributed by atoms with Gasteiger partial charge in [0.05, 0.1) is 6.10 Å². The number of aliphatic hydroxyl groups excluding tert-OH is 1. The summed E-state index contributed by atoms with van der Waals surface area (Å²) in [4.78, 5) is 0. The lowest BCUT2D eigenvalue weighted by Gasteiger charge is -2.17. The normalized spacial score (nSPS) is 23.9. The molecule has 0 spiro atoms. The van der Waals surface area contributed by atoms with Crippen molar-refractivity contribution in [3.05, 3.63) is 22.4 Å². The molecule has 0 amide bonds. The van der Waals surface area contributed by atoms with Crippen LogP contribution in [0, 0.1) is 0 Å². The van der Waals surface area contributed by atoms with Gasteiger partial charge in [-0.05, 0) is 54.6 Å². The van der Waals surface area contributed by atoms with Crippen LogP contribution in [0.25, 0.3) is 0 Å². The number of nitrogens with one attached hydrogen (secondary N) is 1. The van der Waals surface area contributed by atoms with Crippen molar-refractivity contribution in [2.75, 3.05) is 6.54 Å². The first-order valence-electron chi connectivity index (χ1n) is 5.29. The lowest BCUT2D eigenvalue weighted by molar-refractivity contribution is 0.127. The van der Waals surface area contributed by atoms with Crippen molar-refractivity contribution >= 4 is 11.3 Å². The average molecular weight is 211 g/mol. The summed E-state index contributed by atoms with van der Waals surface area (Å²) in [6, 6.07) is 2.48. The summed E-state index contributed by atoms with van der Waals surface area (Å²) >= 11 is 1.73. The topological polar surface area (TPSA) is 32.3 Å². The molecule has 78 valence electrons. The molecule has 3 heteroatoms. The fraction of sp³-hybridized carbons (Fsp3) is 0.636. The van der Waals surface area contributed by atoms with Gasteiger partial charge in [-0.25, -0.2) is 0 Å². The van der Waals surface area contributed by atoms with Gasteiger partial charge in [0.15, 0.2) is 0 Å². The smallest absolute Gasteiger partial charge is 0.0696 e. The van der Waals surface area contributed by atoms with Gasteiger partial charge >= 0.3 is 0 Å². The molecule has 1 aliphatic rings. The zero-order valence-corrected chi connectivity index (χ0v) is 9.09. The maximum atomic E-state index is 9.89. The van der Waals surface area contributed by atoms with Gasteiger partial charge in [-0.1, -0.05) is 0 Å². The predicted octanol–water partition coefficient (Wildman–Crippen LogP) is 1.79. The molecule has 2 unspecified atom stereocenters. The molecule has 1 saturated heterocycles. The summed E-state index contributed by atoms with van der Waals surface area (Å²) in [5, 5.41) is 17.5. The summed E-state index contributed by atoms with van der Waals surface area (Å²) in [7, 11) is 0. The third kappa shape index (κ3) is 2.56. The van der Waals surface area contributed by atoms with Gasteiger partial charge in [-0.15, -0.1) is 0 Å². The standard InChI is InChI=1S/C11H17NOS/c13-11(10-2-1-6-12-10)4-3-9-5-7-14-8-9/h5,7-8,10-13H,1-4,6H2. The van der Waals surface area contributed by atoms with E-state index in [0.717, 1.165) is 25.8 Å². The molecule has 0 bridgehead atoms. The largest absolute Gasteiger partial charge is 0.391 e. The molecule has 1 fully saturated rings. The van der Waals surface area contributed by atoms with Crippen molar-refractivity contribution in [1.29, 1.82) is 0 Å². The van der Waals surface area contributed by atoms with Gasteiger partial charge in [0.25, 0.3) is 0 Å². The molecule has 2 heterocycles. The highest BCUT2D eigenvalue weighted by Gasteiger charge is 2.21. The van der Waals surface area contributed by atoms with Gasteiger partial charge in [-0.2, -0.15) is 11.3 Å². The monoisotopic (exact) mass is 211 g/mol. The fourth-order valence-electron chi connectivity index (χ4n) is 1.99. The van der Waals surface area contributed by atoms with Crippen molar-refractivity contribution < 1.29 is 5.11 Å². The van der Waals surface area contributed by atoms with Gasteiger partial charge in [-0.3, -0.25) is 0 Å². The Morgan fingerprint density at radius 3 is 3.21 bits per heavy atom. The molecule has 0 saturated carbocycles. The molecule has 0 aromatic carbocycles. The molecule has 1 aliphatic heterocycles. The predicted molar refractivity (Wildman–Crippen MR) is 59.7 cm³/mol. The van der Waals surface area contributed by atoms with E-state index < -0.39 is 0 Å². The molecule has 0 radical (unpaired) electrons. The summed E-state index contributed by atoms with van der Waals surface area (Å²) in [5.74, 6) is 0. The lowest BCUT2D eigenvalue weighted by atomic mass is 10.0. The number of aryl methyl sites for hydroxylation is 1. The quantitative estimate of drug-likeness (QED) is 0.796. The van der Waals surface area contributed by atoms with Crippen LogP contribution in [0.15, 0.2) is 16.8 Å². The molecule has 1 aromatic rings. The summed E-state index contributed by atoms with van der Waals surface area (Å²) < 4.78 is 0. The molecule has 1 aromatic heterocycles. The first kappa shape index (κ1) is 10.1. The summed E-state index contributed by atoms with van der Waals surface area (Å²) in [6.07, 6.45) is 4.06. The Kier molecular flexibility index (Phi) is 3.56. The van der Waals surface area contributed by atoms with E-state index in [1.54, 1.807) is 11.3 Å². The van der Waals surface area contributed by atoms with Crippen LogP contribution in [0.4, 0.5) is 0 Å². The van der Waals surface area contributed by atoms with Crippen molar-refractivity contribution in [2.45, 2.75) is 37.8 Å². The molecule has 2 N–H and O–H groups in total. The van der Waals surface area contributed by atoms with Gasteiger partial charge in [0.2, 0.25) is 0 Å². The first-order valence-corrected chi connectivity index (χ1v) is 6.23. The van der Waals surface area contributed by atoms with Crippen molar-refractivity contribution in [2.24, 2.45) is 0 Å². The SMILES string of the molecule is OC(CCc1ccsc1)C1CCCN1. The van der Waals surface area contributed by atoms with E-state index in [4.69, 9.17) is 0 Å². The van der Waals surface area contributed by atoms with Crippen LogP contribution < -0.4 is 5.32 Å². The second-order valence-corrected chi connectivity index (χ2v) is 4.72. The number of rotatable bonds is 4. The lowest BCUT2D eigenvalue weighted by Crippen LogP contribution is -2.34. The summed E-state index contributed by atoms with van der Waals surface area (Å²) in [5.41, 5.74) is 1.35. The first-order chi connectivity index (χ1) is 6.86. The molecule has 2 atom stereocenters. The van der Waals surface area contributed by atoms with E-state index >= 15 is 0 Å². The van der Waals surface area contributed by atoms with Gasteiger partial charge in [0.1, 0.15) is 0 Å². The van der Waals surface area contributed by atoms with Crippen LogP contribution in [-0.2, 0) is 6.42 Å². The molecule has 0 aliphatic carbocycles. The number of thiophene rings is 1. The van der Waals surface area contributed by atoms with Crippen LogP contribution in [0.2, 0.25) is 0 Å². The number of aliphatic hydroxyl groups is 1. The Bertz CT molecular complexity index is 254. The van der Waals surface area contributed by atoms with E-state index in [0.29, 0.717) is 6.04 Å². The fourth-order valence-corrected chi connectivity index (χ4v) is 2.69. The number of hydrogen-bond acceptors (Lipinski definition) is 3. The van der Waals surface area contributed by atoms with Gasteiger partial charge < -0.3 is 10.4 Å². The Morgan fingerprint density at radius 1 is 1.64 bits per heavy atom. The number of hydrogen-bond donors (Lipinski definition) is 2. The van der Waals surface area contributed by atoms with E-state index in [1.807, 2.05) is 0 Å². The maximum Gasteiger partial charge on any atom is 0.0696 e. The van der Waals surface area contributed by atoms with Crippen LogP contribution >= 0.6 is 11.3 Å². The zero-order chi connectivity index (χ0) is 9.80. The molecular formula is C11H17NOS. The van der Waals surface area contributed by atoms with Crippen LogP contribution in [0.1, 0.15) is 24.8 Å². The van der Waals surface area contributed by atoms with Crippen LogP contribution in [0.5, 0.6) is 0 Å². The Labute approximate surface area is 89.0 Å². The minimum absolute atomic E-state index is 0.169. The average Bonchev–Trinajstić information content (AvgIpc) is 2.87. The van der Waals surface area contributed by atoms with Crippen molar-refractivity contribution in [3.63, 3.8) is 0 Å². The van der Waals surface area contributed by atoms with E-state index in [2.05, 4.69) is 22.1 Å². The second kappa shape index (κ2) is 4.91.